The standard InChI is InChI=1S/C14H18N2O3S/c1-9(2)11(7-17)15-13(18)8-20-14-16-10-5-3-4-6-12(10)19-14/h3-6,9,11,17H,7-8H2,1-2H3,(H,15,18)/t11-/m1/s1. The molecule has 2 aromatic rings. The molecule has 0 aliphatic carbocycles. The number of para-hydroxylation sites is 2. The minimum atomic E-state index is -0.216. The van der Waals surface area contributed by atoms with Crippen molar-refractivity contribution in [3.8, 4) is 0 Å². The Balaban J connectivity index is 1.89. The van der Waals surface area contributed by atoms with Crippen LogP contribution in [0.5, 0.6) is 0 Å². The van der Waals surface area contributed by atoms with Crippen molar-refractivity contribution in [2.45, 2.75) is 25.1 Å². The Labute approximate surface area is 121 Å². The maximum Gasteiger partial charge on any atom is 0.257 e. The van der Waals surface area contributed by atoms with Crippen molar-refractivity contribution in [3.05, 3.63) is 24.3 Å². The van der Waals surface area contributed by atoms with E-state index in [9.17, 15) is 9.90 Å². The van der Waals surface area contributed by atoms with Crippen LogP contribution in [0.2, 0.25) is 0 Å². The van der Waals surface area contributed by atoms with Crippen molar-refractivity contribution in [3.63, 3.8) is 0 Å². The number of hydrogen-bond donors (Lipinski definition) is 2. The molecule has 0 radical (unpaired) electrons. The van der Waals surface area contributed by atoms with Gasteiger partial charge >= 0.3 is 0 Å². The Morgan fingerprint density at radius 2 is 2.20 bits per heavy atom. The Kier molecular flexibility index (Phi) is 5.03. The SMILES string of the molecule is CC(C)[C@@H](CO)NC(=O)CSc1nc2ccccc2o1. The molecule has 0 unspecified atom stereocenters. The van der Waals surface area contributed by atoms with Gasteiger partial charge in [-0.25, -0.2) is 4.98 Å². The van der Waals surface area contributed by atoms with Crippen LogP contribution in [0.25, 0.3) is 11.1 Å². The summed E-state index contributed by atoms with van der Waals surface area (Å²) in [6.07, 6.45) is 0. The number of aliphatic hydroxyl groups excluding tert-OH is 1. The highest BCUT2D eigenvalue weighted by molar-refractivity contribution is 7.99. The van der Waals surface area contributed by atoms with Gasteiger partial charge in [0.1, 0.15) is 5.52 Å². The Bertz CT molecular complexity index is 550. The van der Waals surface area contributed by atoms with Crippen LogP contribution in [-0.4, -0.2) is 34.4 Å². The summed E-state index contributed by atoms with van der Waals surface area (Å²) in [7, 11) is 0. The number of carbonyl (C=O) groups is 1. The summed E-state index contributed by atoms with van der Waals surface area (Å²) in [6, 6.07) is 7.26. The number of rotatable bonds is 6. The first-order valence-corrected chi connectivity index (χ1v) is 7.47. The Morgan fingerprint density at radius 3 is 2.85 bits per heavy atom. The lowest BCUT2D eigenvalue weighted by atomic mass is 10.1. The zero-order chi connectivity index (χ0) is 14.5. The van der Waals surface area contributed by atoms with Crippen LogP contribution in [0.4, 0.5) is 0 Å². The molecule has 0 fully saturated rings. The molecule has 6 heteroatoms. The second-order valence-corrected chi connectivity index (χ2v) is 5.76. The maximum atomic E-state index is 11.8. The van der Waals surface area contributed by atoms with E-state index in [4.69, 9.17) is 4.42 Å². The lowest BCUT2D eigenvalue weighted by molar-refractivity contribution is -0.119. The van der Waals surface area contributed by atoms with Crippen LogP contribution in [0, 0.1) is 5.92 Å². The lowest BCUT2D eigenvalue weighted by Crippen LogP contribution is -2.41. The topological polar surface area (TPSA) is 75.4 Å². The van der Waals surface area contributed by atoms with Crippen LogP contribution in [0.1, 0.15) is 13.8 Å². The zero-order valence-electron chi connectivity index (χ0n) is 11.5. The monoisotopic (exact) mass is 294 g/mol. The molecule has 0 bridgehead atoms. The first-order valence-electron chi connectivity index (χ1n) is 6.48. The van der Waals surface area contributed by atoms with Crippen molar-refractivity contribution in [2.24, 2.45) is 5.92 Å². The smallest absolute Gasteiger partial charge is 0.257 e. The number of thioether (sulfide) groups is 1. The third-order valence-corrected chi connectivity index (χ3v) is 3.78. The van der Waals surface area contributed by atoms with Crippen LogP contribution >= 0.6 is 11.8 Å². The van der Waals surface area contributed by atoms with E-state index >= 15 is 0 Å². The van der Waals surface area contributed by atoms with Crippen molar-refractivity contribution in [1.29, 1.82) is 0 Å². The molecule has 0 aliphatic rings. The van der Waals surface area contributed by atoms with Crippen LogP contribution in [0.15, 0.2) is 33.9 Å². The van der Waals surface area contributed by atoms with Gasteiger partial charge in [-0.1, -0.05) is 37.7 Å². The maximum absolute atomic E-state index is 11.8. The number of aliphatic hydroxyl groups is 1. The normalized spacial score (nSPS) is 12.8. The highest BCUT2D eigenvalue weighted by atomic mass is 32.2. The second-order valence-electron chi connectivity index (χ2n) is 4.84. The van der Waals surface area contributed by atoms with E-state index in [0.29, 0.717) is 10.8 Å². The van der Waals surface area contributed by atoms with E-state index in [1.807, 2.05) is 38.1 Å². The molecule has 0 spiro atoms. The molecule has 2 N–H and O–H groups in total. The third-order valence-electron chi connectivity index (χ3n) is 2.95. The number of nitrogens with one attached hydrogen (secondary N) is 1. The van der Waals surface area contributed by atoms with Gasteiger partial charge in [-0.2, -0.15) is 0 Å². The largest absolute Gasteiger partial charge is 0.431 e. The lowest BCUT2D eigenvalue weighted by Gasteiger charge is -2.19. The molecule has 1 amide bonds. The van der Waals surface area contributed by atoms with Crippen molar-refractivity contribution in [2.75, 3.05) is 12.4 Å². The average molecular weight is 294 g/mol. The van der Waals surface area contributed by atoms with Crippen molar-refractivity contribution < 1.29 is 14.3 Å². The first kappa shape index (κ1) is 14.9. The summed E-state index contributed by atoms with van der Waals surface area (Å²) in [4.78, 5) is 16.1. The van der Waals surface area contributed by atoms with Crippen LogP contribution < -0.4 is 5.32 Å². The van der Waals surface area contributed by atoms with Gasteiger partial charge in [0.15, 0.2) is 5.58 Å². The Morgan fingerprint density at radius 1 is 1.45 bits per heavy atom. The van der Waals surface area contributed by atoms with E-state index in [2.05, 4.69) is 10.3 Å². The van der Waals surface area contributed by atoms with E-state index in [0.717, 1.165) is 5.52 Å². The Hall–Kier alpha value is -1.53. The number of carbonyl (C=O) groups excluding carboxylic acids is 1. The number of aromatic nitrogens is 1. The fourth-order valence-electron chi connectivity index (χ4n) is 1.71. The zero-order valence-corrected chi connectivity index (χ0v) is 12.3. The molecule has 0 aliphatic heterocycles. The van der Waals surface area contributed by atoms with E-state index in [1.165, 1.54) is 11.8 Å². The molecule has 0 saturated carbocycles. The van der Waals surface area contributed by atoms with Gasteiger partial charge < -0.3 is 14.8 Å². The quantitative estimate of drug-likeness (QED) is 0.798. The fourth-order valence-corrected chi connectivity index (χ4v) is 2.36. The molecule has 5 nitrogen and oxygen atoms in total. The van der Waals surface area contributed by atoms with E-state index in [1.54, 1.807) is 0 Å². The van der Waals surface area contributed by atoms with Crippen molar-refractivity contribution in [1.82, 2.24) is 10.3 Å². The summed E-state index contributed by atoms with van der Waals surface area (Å²) < 4.78 is 5.52. The summed E-state index contributed by atoms with van der Waals surface area (Å²) in [5.74, 6) is 0.277. The van der Waals surface area contributed by atoms with Gasteiger partial charge in [-0.3, -0.25) is 4.79 Å². The number of nitrogens with zero attached hydrogens (tertiary/aromatic N) is 1. The highest BCUT2D eigenvalue weighted by Crippen LogP contribution is 2.22. The molecule has 1 aromatic heterocycles. The number of hydrogen-bond acceptors (Lipinski definition) is 5. The molecule has 108 valence electrons. The van der Waals surface area contributed by atoms with E-state index in [-0.39, 0.29) is 30.2 Å². The minimum absolute atomic E-state index is 0.0586. The molecule has 1 atom stereocenters. The van der Waals surface area contributed by atoms with Gasteiger partial charge in [0.05, 0.1) is 18.4 Å². The first-order chi connectivity index (χ1) is 9.60. The summed E-state index contributed by atoms with van der Waals surface area (Å²) in [6.45, 7) is 3.85. The van der Waals surface area contributed by atoms with Crippen LogP contribution in [0.3, 0.4) is 0 Å². The van der Waals surface area contributed by atoms with E-state index < -0.39 is 0 Å². The van der Waals surface area contributed by atoms with Crippen molar-refractivity contribution >= 4 is 28.8 Å². The highest BCUT2D eigenvalue weighted by Gasteiger charge is 2.16. The minimum Gasteiger partial charge on any atom is -0.431 e. The van der Waals surface area contributed by atoms with Gasteiger partial charge in [0.2, 0.25) is 5.91 Å². The number of oxazole rings is 1. The predicted molar refractivity (Wildman–Crippen MR) is 78.6 cm³/mol. The number of fused-ring (bicyclic) bond motifs is 1. The third kappa shape index (κ3) is 3.74. The van der Waals surface area contributed by atoms with Gasteiger partial charge in [0, 0.05) is 0 Å². The summed E-state index contributed by atoms with van der Waals surface area (Å²) >= 11 is 1.25. The molecule has 0 saturated heterocycles. The number of benzene rings is 1. The molecule has 2 rings (SSSR count). The molecular formula is C14H18N2O3S. The van der Waals surface area contributed by atoms with Gasteiger partial charge in [0.25, 0.3) is 5.22 Å². The average Bonchev–Trinajstić information content (AvgIpc) is 2.85. The molecule has 20 heavy (non-hydrogen) atoms. The molecule has 1 aromatic carbocycles. The second kappa shape index (κ2) is 6.76. The summed E-state index contributed by atoms with van der Waals surface area (Å²) in [5.41, 5.74) is 1.50. The summed E-state index contributed by atoms with van der Waals surface area (Å²) in [5, 5.41) is 12.4. The number of amides is 1. The molecular weight excluding hydrogens is 276 g/mol. The molecule has 1 heterocycles. The van der Waals surface area contributed by atoms with Crippen LogP contribution in [-0.2, 0) is 4.79 Å². The fraction of sp³-hybridized carbons (Fsp3) is 0.429. The predicted octanol–water partition coefficient (Wildman–Crippen LogP) is 2.05. The van der Waals surface area contributed by atoms with Gasteiger partial charge in [-0.05, 0) is 18.1 Å². The van der Waals surface area contributed by atoms with Gasteiger partial charge in [-0.15, -0.1) is 0 Å².